The molecule has 0 bridgehead atoms. The van der Waals surface area contributed by atoms with E-state index in [1.54, 1.807) is 0 Å². The number of hydrogen-bond donors (Lipinski definition) is 1. The lowest BCUT2D eigenvalue weighted by Gasteiger charge is -2.10. The molecule has 1 aromatic heterocycles. The molecule has 1 atom stereocenters. The van der Waals surface area contributed by atoms with Crippen molar-refractivity contribution in [1.82, 2.24) is 4.98 Å². The van der Waals surface area contributed by atoms with E-state index in [2.05, 4.69) is 4.98 Å². The van der Waals surface area contributed by atoms with Crippen LogP contribution in [0.25, 0.3) is 10.2 Å². The SMILES string of the molecule is OC(c1cccc(OCCCl)c1)c1nc2ccccc2s1. The molecule has 0 saturated heterocycles. The first kappa shape index (κ1) is 14.3. The number of ether oxygens (including phenoxy) is 1. The van der Waals surface area contributed by atoms with Gasteiger partial charge in [0.15, 0.2) is 0 Å². The van der Waals surface area contributed by atoms with E-state index in [9.17, 15) is 5.11 Å². The lowest BCUT2D eigenvalue weighted by Crippen LogP contribution is -2.01. The van der Waals surface area contributed by atoms with Crippen molar-refractivity contribution >= 4 is 33.2 Å². The van der Waals surface area contributed by atoms with Crippen LogP contribution >= 0.6 is 22.9 Å². The summed E-state index contributed by atoms with van der Waals surface area (Å²) in [5, 5.41) is 11.2. The molecule has 1 N–H and O–H groups in total. The summed E-state index contributed by atoms with van der Waals surface area (Å²) in [7, 11) is 0. The molecule has 3 nitrogen and oxygen atoms in total. The molecule has 3 aromatic rings. The Morgan fingerprint density at radius 2 is 2.05 bits per heavy atom. The summed E-state index contributed by atoms with van der Waals surface area (Å²) in [5.74, 6) is 1.14. The molecule has 0 aliphatic heterocycles. The van der Waals surface area contributed by atoms with E-state index < -0.39 is 6.10 Å². The molecule has 3 rings (SSSR count). The zero-order valence-corrected chi connectivity index (χ0v) is 12.8. The van der Waals surface area contributed by atoms with E-state index in [1.807, 2.05) is 48.5 Å². The van der Waals surface area contributed by atoms with Gasteiger partial charge in [-0.15, -0.1) is 22.9 Å². The minimum atomic E-state index is -0.748. The largest absolute Gasteiger partial charge is 0.492 e. The molecule has 1 heterocycles. The summed E-state index contributed by atoms with van der Waals surface area (Å²) >= 11 is 7.11. The monoisotopic (exact) mass is 319 g/mol. The highest BCUT2D eigenvalue weighted by Gasteiger charge is 2.16. The first-order valence-electron chi connectivity index (χ1n) is 6.60. The van der Waals surface area contributed by atoms with Gasteiger partial charge < -0.3 is 9.84 Å². The summed E-state index contributed by atoms with van der Waals surface area (Å²) in [6.45, 7) is 0.447. The van der Waals surface area contributed by atoms with Gasteiger partial charge in [0.1, 0.15) is 23.5 Å². The van der Waals surface area contributed by atoms with Crippen LogP contribution in [0.3, 0.4) is 0 Å². The smallest absolute Gasteiger partial charge is 0.131 e. The van der Waals surface area contributed by atoms with Gasteiger partial charge in [0.25, 0.3) is 0 Å². The van der Waals surface area contributed by atoms with E-state index >= 15 is 0 Å². The molecule has 0 aliphatic carbocycles. The number of rotatable bonds is 5. The Labute approximate surface area is 131 Å². The van der Waals surface area contributed by atoms with Gasteiger partial charge >= 0.3 is 0 Å². The van der Waals surface area contributed by atoms with E-state index in [1.165, 1.54) is 11.3 Å². The quantitative estimate of drug-likeness (QED) is 0.723. The fraction of sp³-hybridized carbons (Fsp3) is 0.188. The number of para-hydroxylation sites is 1. The number of alkyl halides is 1. The van der Waals surface area contributed by atoms with Crippen LogP contribution in [-0.4, -0.2) is 22.6 Å². The van der Waals surface area contributed by atoms with Crippen molar-refractivity contribution in [1.29, 1.82) is 0 Å². The van der Waals surface area contributed by atoms with Crippen LogP contribution < -0.4 is 4.74 Å². The number of halogens is 1. The van der Waals surface area contributed by atoms with Crippen molar-refractivity contribution in [3.05, 3.63) is 59.1 Å². The summed E-state index contributed by atoms with van der Waals surface area (Å²) in [6, 6.07) is 15.3. The van der Waals surface area contributed by atoms with Crippen molar-refractivity contribution in [3.8, 4) is 5.75 Å². The Hall–Kier alpha value is -1.62. The van der Waals surface area contributed by atoms with E-state index in [-0.39, 0.29) is 0 Å². The fourth-order valence-electron chi connectivity index (χ4n) is 2.08. The van der Waals surface area contributed by atoms with Gasteiger partial charge in [-0.3, -0.25) is 0 Å². The van der Waals surface area contributed by atoms with E-state index in [0.717, 1.165) is 15.8 Å². The molecule has 0 saturated carbocycles. The van der Waals surface area contributed by atoms with Crippen LogP contribution in [0.15, 0.2) is 48.5 Å². The highest BCUT2D eigenvalue weighted by molar-refractivity contribution is 7.18. The van der Waals surface area contributed by atoms with Crippen molar-refractivity contribution < 1.29 is 9.84 Å². The average molecular weight is 320 g/mol. The van der Waals surface area contributed by atoms with E-state index in [4.69, 9.17) is 16.3 Å². The molecule has 5 heteroatoms. The number of hydrogen-bond acceptors (Lipinski definition) is 4. The summed E-state index contributed by atoms with van der Waals surface area (Å²) in [5.41, 5.74) is 1.67. The summed E-state index contributed by atoms with van der Waals surface area (Å²) in [4.78, 5) is 4.49. The van der Waals surface area contributed by atoms with E-state index in [0.29, 0.717) is 23.2 Å². The van der Waals surface area contributed by atoms with Crippen LogP contribution in [0, 0.1) is 0 Å². The van der Waals surface area contributed by atoms with Crippen LogP contribution in [0.2, 0.25) is 0 Å². The fourth-order valence-corrected chi connectivity index (χ4v) is 3.14. The van der Waals surface area contributed by atoms with Crippen LogP contribution in [0.4, 0.5) is 0 Å². The maximum atomic E-state index is 10.5. The second-order valence-electron chi connectivity index (χ2n) is 4.53. The zero-order chi connectivity index (χ0) is 14.7. The maximum Gasteiger partial charge on any atom is 0.131 e. The number of aromatic nitrogens is 1. The highest BCUT2D eigenvalue weighted by Crippen LogP contribution is 2.31. The second-order valence-corrected chi connectivity index (χ2v) is 5.97. The van der Waals surface area contributed by atoms with Gasteiger partial charge in [-0.25, -0.2) is 4.98 Å². The molecule has 0 amide bonds. The minimum Gasteiger partial charge on any atom is -0.492 e. The molecule has 108 valence electrons. The molecular formula is C16H14ClNO2S. The summed E-state index contributed by atoms with van der Waals surface area (Å²) in [6.07, 6.45) is -0.748. The molecule has 0 radical (unpaired) electrons. The molecule has 0 fully saturated rings. The predicted molar refractivity (Wildman–Crippen MR) is 86.3 cm³/mol. The average Bonchev–Trinajstić information content (AvgIpc) is 2.96. The third kappa shape index (κ3) is 3.18. The Morgan fingerprint density at radius 3 is 2.86 bits per heavy atom. The van der Waals surface area contributed by atoms with Gasteiger partial charge in [-0.05, 0) is 29.8 Å². The van der Waals surface area contributed by atoms with Crippen LogP contribution in [0.5, 0.6) is 5.75 Å². The first-order chi connectivity index (χ1) is 10.3. The number of thiazole rings is 1. The van der Waals surface area contributed by atoms with Crippen molar-refractivity contribution in [2.75, 3.05) is 12.5 Å². The predicted octanol–water partition coefficient (Wildman–Crippen LogP) is 4.00. The third-order valence-corrected chi connectivity index (χ3v) is 4.31. The normalized spacial score (nSPS) is 12.5. The Kier molecular flexibility index (Phi) is 4.39. The number of benzene rings is 2. The molecule has 21 heavy (non-hydrogen) atoms. The Balaban J connectivity index is 1.88. The number of aliphatic hydroxyl groups is 1. The van der Waals surface area contributed by atoms with Crippen molar-refractivity contribution in [3.63, 3.8) is 0 Å². The maximum absolute atomic E-state index is 10.5. The Bertz CT molecular complexity index is 711. The zero-order valence-electron chi connectivity index (χ0n) is 11.2. The highest BCUT2D eigenvalue weighted by atomic mass is 35.5. The topological polar surface area (TPSA) is 42.4 Å². The van der Waals surface area contributed by atoms with Gasteiger partial charge in [-0.1, -0.05) is 24.3 Å². The molecule has 2 aromatic carbocycles. The third-order valence-electron chi connectivity index (χ3n) is 3.06. The standard InChI is InChI=1S/C16H14ClNO2S/c17-8-9-20-12-5-3-4-11(10-12)15(19)16-18-13-6-1-2-7-14(13)21-16/h1-7,10,15,19H,8-9H2. The Morgan fingerprint density at radius 1 is 1.19 bits per heavy atom. The van der Waals surface area contributed by atoms with Crippen molar-refractivity contribution in [2.24, 2.45) is 0 Å². The molecule has 0 aliphatic rings. The minimum absolute atomic E-state index is 0.435. The molecule has 0 spiro atoms. The first-order valence-corrected chi connectivity index (χ1v) is 7.95. The number of aliphatic hydroxyl groups excluding tert-OH is 1. The summed E-state index contributed by atoms with van der Waals surface area (Å²) < 4.78 is 6.55. The lowest BCUT2D eigenvalue weighted by molar-refractivity contribution is 0.219. The molecular weight excluding hydrogens is 306 g/mol. The number of nitrogens with zero attached hydrogens (tertiary/aromatic N) is 1. The second kappa shape index (κ2) is 6.43. The lowest BCUT2D eigenvalue weighted by atomic mass is 10.1. The van der Waals surface area contributed by atoms with Gasteiger partial charge in [0.05, 0.1) is 16.1 Å². The van der Waals surface area contributed by atoms with Gasteiger partial charge in [-0.2, -0.15) is 0 Å². The van der Waals surface area contributed by atoms with Gasteiger partial charge in [0.2, 0.25) is 0 Å². The molecule has 1 unspecified atom stereocenters. The van der Waals surface area contributed by atoms with Crippen LogP contribution in [0.1, 0.15) is 16.7 Å². The van der Waals surface area contributed by atoms with Gasteiger partial charge in [0, 0.05) is 0 Å². The van der Waals surface area contributed by atoms with Crippen LogP contribution in [-0.2, 0) is 0 Å². The number of fused-ring (bicyclic) bond motifs is 1. The van der Waals surface area contributed by atoms with Crippen molar-refractivity contribution in [2.45, 2.75) is 6.10 Å².